The molecule has 0 radical (unpaired) electrons. The minimum Gasteiger partial charge on any atom is -0.494 e. The van der Waals surface area contributed by atoms with E-state index in [0.29, 0.717) is 6.61 Å². The number of anilines is 1. The van der Waals surface area contributed by atoms with Gasteiger partial charge in [0, 0.05) is 74.3 Å². The number of likely N-dealkylation sites (N-methyl/N-ethyl adjacent to an activating group) is 1. The van der Waals surface area contributed by atoms with Gasteiger partial charge in [0.25, 0.3) is 5.91 Å². The van der Waals surface area contributed by atoms with E-state index in [1.165, 1.54) is 15.8 Å². The molecule has 0 spiro atoms. The molecule has 1 saturated heterocycles. The van der Waals surface area contributed by atoms with Gasteiger partial charge in [0.05, 0.1) is 6.61 Å². The maximum atomic E-state index is 12.4. The van der Waals surface area contributed by atoms with Crippen molar-refractivity contribution in [1.82, 2.24) is 9.80 Å². The number of ether oxygens (including phenoxy) is 1. The zero-order chi connectivity index (χ0) is 23.9. The van der Waals surface area contributed by atoms with Crippen molar-refractivity contribution < 1.29 is 14.6 Å². The van der Waals surface area contributed by atoms with E-state index in [2.05, 4.69) is 39.4 Å². The first-order chi connectivity index (χ1) is 16.6. The molecule has 6 nitrogen and oxygen atoms in total. The van der Waals surface area contributed by atoms with E-state index < -0.39 is 0 Å². The number of piperazine rings is 1. The zero-order valence-corrected chi connectivity index (χ0v) is 21.0. The molecule has 0 atom stereocenters. The SMILES string of the molecule is CCO.CN1CCc2ccc(OCCCN3CCN(c4cccc5sccc45)CC3)cc2C1=O. The molecular formula is C27H35N3O3S. The molecule has 0 aliphatic carbocycles. The third-order valence-electron chi connectivity index (χ3n) is 6.45. The highest BCUT2D eigenvalue weighted by Crippen LogP contribution is 2.31. The van der Waals surface area contributed by atoms with Crippen molar-refractivity contribution in [2.75, 3.05) is 64.4 Å². The average Bonchev–Trinajstić information content (AvgIpc) is 3.34. The summed E-state index contributed by atoms with van der Waals surface area (Å²) in [5.74, 6) is 0.902. The van der Waals surface area contributed by atoms with E-state index in [9.17, 15) is 4.79 Å². The van der Waals surface area contributed by atoms with Crippen LogP contribution >= 0.6 is 11.3 Å². The lowest BCUT2D eigenvalue weighted by Gasteiger charge is -2.36. The molecule has 34 heavy (non-hydrogen) atoms. The summed E-state index contributed by atoms with van der Waals surface area (Å²) in [4.78, 5) is 19.2. The van der Waals surface area contributed by atoms with Gasteiger partial charge in [-0.1, -0.05) is 12.1 Å². The highest BCUT2D eigenvalue weighted by atomic mass is 32.1. The highest BCUT2D eigenvalue weighted by Gasteiger charge is 2.22. The van der Waals surface area contributed by atoms with Gasteiger partial charge in [-0.05, 0) is 61.0 Å². The topological polar surface area (TPSA) is 56.3 Å². The number of aliphatic hydroxyl groups excluding tert-OH is 1. The van der Waals surface area contributed by atoms with Gasteiger partial charge in [-0.2, -0.15) is 0 Å². The number of carbonyl (C=O) groups excluding carboxylic acids is 1. The Balaban J connectivity index is 0.000000868. The Bertz CT molecular complexity index is 1090. The van der Waals surface area contributed by atoms with Crippen molar-refractivity contribution in [3.63, 3.8) is 0 Å². The predicted octanol–water partition coefficient (Wildman–Crippen LogP) is 4.12. The number of amides is 1. The summed E-state index contributed by atoms with van der Waals surface area (Å²) in [5.41, 5.74) is 3.30. The van der Waals surface area contributed by atoms with Gasteiger partial charge in [-0.15, -0.1) is 11.3 Å². The van der Waals surface area contributed by atoms with E-state index in [4.69, 9.17) is 9.84 Å². The van der Waals surface area contributed by atoms with E-state index in [-0.39, 0.29) is 12.5 Å². The number of hydrogen-bond acceptors (Lipinski definition) is 6. The summed E-state index contributed by atoms with van der Waals surface area (Å²) < 4.78 is 7.34. The van der Waals surface area contributed by atoms with Crippen LogP contribution in [0.2, 0.25) is 0 Å². The molecule has 0 bridgehead atoms. The zero-order valence-electron chi connectivity index (χ0n) is 20.2. The second-order valence-corrected chi connectivity index (χ2v) is 9.70. The van der Waals surface area contributed by atoms with Crippen molar-refractivity contribution in [3.8, 4) is 5.75 Å². The maximum absolute atomic E-state index is 12.4. The molecule has 3 aromatic rings. The van der Waals surface area contributed by atoms with Gasteiger partial charge in [-0.3, -0.25) is 9.69 Å². The van der Waals surface area contributed by atoms with E-state index >= 15 is 0 Å². The summed E-state index contributed by atoms with van der Waals surface area (Å²) in [6.45, 7) is 8.75. The average molecular weight is 482 g/mol. The standard InChI is InChI=1S/C25H29N3O2S.C2H6O/c1-26-11-8-19-6-7-20(18-22(19)25(26)29)30-16-3-10-27-12-14-28(15-13-27)23-4-2-5-24-21(23)9-17-31-24;1-2-3/h2,4-7,9,17-18H,3,8,10-16H2,1H3;3H,2H2,1H3. The number of thiophene rings is 1. The molecule has 1 fully saturated rings. The fourth-order valence-corrected chi connectivity index (χ4v) is 5.41. The van der Waals surface area contributed by atoms with Crippen molar-refractivity contribution in [3.05, 3.63) is 59.0 Å². The normalized spacial score (nSPS) is 16.3. The first kappa shape index (κ1) is 24.5. The summed E-state index contributed by atoms with van der Waals surface area (Å²) in [5, 5.41) is 11.1. The van der Waals surface area contributed by atoms with Crippen molar-refractivity contribution >= 4 is 33.0 Å². The largest absolute Gasteiger partial charge is 0.494 e. The van der Waals surface area contributed by atoms with Gasteiger partial charge in [0.2, 0.25) is 0 Å². The summed E-state index contributed by atoms with van der Waals surface area (Å²) in [6, 6.07) is 14.8. The molecule has 0 unspecified atom stereocenters. The Kier molecular flexibility index (Phi) is 8.43. The summed E-state index contributed by atoms with van der Waals surface area (Å²) in [6.07, 6.45) is 1.91. The molecule has 1 amide bonds. The number of fused-ring (bicyclic) bond motifs is 2. The molecule has 2 aliphatic heterocycles. The molecule has 2 aliphatic rings. The molecule has 3 heterocycles. The van der Waals surface area contributed by atoms with Gasteiger partial charge >= 0.3 is 0 Å². The Labute approximate surface area is 206 Å². The van der Waals surface area contributed by atoms with Gasteiger partial charge in [-0.25, -0.2) is 0 Å². The molecule has 7 heteroatoms. The Morgan fingerprint density at radius 1 is 1.06 bits per heavy atom. The van der Waals surface area contributed by atoms with E-state index in [1.54, 1.807) is 11.8 Å². The third-order valence-corrected chi connectivity index (χ3v) is 7.33. The van der Waals surface area contributed by atoms with Crippen molar-refractivity contribution in [1.29, 1.82) is 0 Å². The van der Waals surface area contributed by atoms with Crippen LogP contribution in [0, 0.1) is 0 Å². The first-order valence-corrected chi connectivity index (χ1v) is 13.0. The summed E-state index contributed by atoms with van der Waals surface area (Å²) >= 11 is 1.81. The lowest BCUT2D eigenvalue weighted by Crippen LogP contribution is -2.46. The smallest absolute Gasteiger partial charge is 0.254 e. The van der Waals surface area contributed by atoms with Gasteiger partial charge in [0.1, 0.15) is 5.75 Å². The number of hydrogen-bond donors (Lipinski definition) is 1. The molecule has 1 N–H and O–H groups in total. The molecule has 5 rings (SSSR count). The van der Waals surface area contributed by atoms with Gasteiger partial charge < -0.3 is 19.6 Å². The quantitative estimate of drug-likeness (QED) is 0.537. The molecular weight excluding hydrogens is 446 g/mol. The fourth-order valence-electron chi connectivity index (χ4n) is 4.60. The monoisotopic (exact) mass is 481 g/mol. The number of aliphatic hydroxyl groups is 1. The van der Waals surface area contributed by atoms with Crippen LogP contribution in [0.25, 0.3) is 10.1 Å². The van der Waals surface area contributed by atoms with Gasteiger partial charge in [0.15, 0.2) is 0 Å². The number of benzene rings is 2. The lowest BCUT2D eigenvalue weighted by molar-refractivity contribution is 0.0780. The Morgan fingerprint density at radius 3 is 2.65 bits per heavy atom. The van der Waals surface area contributed by atoms with Crippen LogP contribution in [0.3, 0.4) is 0 Å². The van der Waals surface area contributed by atoms with Crippen LogP contribution in [0.1, 0.15) is 29.3 Å². The molecule has 1 aromatic heterocycles. The molecule has 2 aromatic carbocycles. The number of nitrogens with zero attached hydrogens (tertiary/aromatic N) is 3. The van der Waals surface area contributed by atoms with Crippen molar-refractivity contribution in [2.24, 2.45) is 0 Å². The third kappa shape index (κ3) is 5.71. The number of carbonyl (C=O) groups is 1. The van der Waals surface area contributed by atoms with Crippen LogP contribution in [-0.4, -0.2) is 80.3 Å². The van der Waals surface area contributed by atoms with Crippen LogP contribution in [0.4, 0.5) is 5.69 Å². The summed E-state index contributed by atoms with van der Waals surface area (Å²) in [7, 11) is 1.86. The minimum atomic E-state index is 0.0997. The Hall–Kier alpha value is -2.61. The van der Waals surface area contributed by atoms with Crippen molar-refractivity contribution in [2.45, 2.75) is 19.8 Å². The van der Waals surface area contributed by atoms with E-state index in [0.717, 1.165) is 69.0 Å². The first-order valence-electron chi connectivity index (χ1n) is 12.2. The van der Waals surface area contributed by atoms with Crippen LogP contribution < -0.4 is 9.64 Å². The number of rotatable bonds is 6. The van der Waals surface area contributed by atoms with Crippen LogP contribution in [-0.2, 0) is 6.42 Å². The van der Waals surface area contributed by atoms with E-state index in [1.807, 2.05) is 36.6 Å². The molecule has 182 valence electrons. The predicted molar refractivity (Wildman–Crippen MR) is 140 cm³/mol. The van der Waals surface area contributed by atoms with Crippen LogP contribution in [0.15, 0.2) is 47.8 Å². The highest BCUT2D eigenvalue weighted by molar-refractivity contribution is 7.17. The molecule has 0 saturated carbocycles. The second-order valence-electron chi connectivity index (χ2n) is 8.75. The lowest BCUT2D eigenvalue weighted by atomic mass is 9.99. The Morgan fingerprint density at radius 2 is 1.85 bits per heavy atom. The second kappa shape index (κ2) is 11.7. The maximum Gasteiger partial charge on any atom is 0.254 e. The fraction of sp³-hybridized carbons (Fsp3) is 0.444. The minimum absolute atomic E-state index is 0.0997. The van der Waals surface area contributed by atoms with Crippen LogP contribution in [0.5, 0.6) is 5.75 Å².